The first-order chi connectivity index (χ1) is 17.9. The molecule has 8 rings (SSSR count). The third-order valence-corrected chi connectivity index (χ3v) is 9.09. The van der Waals surface area contributed by atoms with E-state index in [1.165, 1.54) is 12.1 Å². The van der Waals surface area contributed by atoms with Crippen molar-refractivity contribution in [3.05, 3.63) is 36.0 Å². The maximum absolute atomic E-state index is 11.8. The molecule has 1 aliphatic heterocycles. The van der Waals surface area contributed by atoms with Gasteiger partial charge in [0.15, 0.2) is 6.29 Å². The fraction of sp³-hybridized carbons (Fsp3) is 0.536. The number of benzene rings is 1. The third kappa shape index (κ3) is 4.14. The van der Waals surface area contributed by atoms with Crippen molar-refractivity contribution in [3.63, 3.8) is 0 Å². The van der Waals surface area contributed by atoms with Crippen LogP contribution in [-0.2, 0) is 0 Å². The number of fused-ring (bicyclic) bond motifs is 1. The fourth-order valence-corrected chi connectivity index (χ4v) is 7.86. The number of aliphatic hydroxyl groups is 1. The van der Waals surface area contributed by atoms with E-state index in [2.05, 4.69) is 61.7 Å². The Bertz CT molecular complexity index is 1310. The van der Waals surface area contributed by atoms with Crippen molar-refractivity contribution < 1.29 is 9.90 Å². The number of likely N-dealkylation sites (N-methyl/N-ethyl adjacent to an activating group) is 1. The maximum Gasteiger partial charge on any atom is 0.231 e. The molecule has 1 aromatic carbocycles. The van der Waals surface area contributed by atoms with Crippen LogP contribution >= 0.6 is 0 Å². The van der Waals surface area contributed by atoms with Gasteiger partial charge in [0.2, 0.25) is 5.95 Å². The molecule has 3 aromatic rings. The normalized spacial score (nSPS) is 31.1. The molecule has 0 amide bonds. The lowest BCUT2D eigenvalue weighted by Crippen LogP contribution is -2.62. The first-order valence-electron chi connectivity index (χ1n) is 13.5. The molecule has 2 unspecified atom stereocenters. The number of aromatic amines is 1. The number of rotatable bonds is 6. The molecule has 4 bridgehead atoms. The molecule has 0 spiro atoms. The van der Waals surface area contributed by atoms with E-state index >= 15 is 0 Å². The van der Waals surface area contributed by atoms with Crippen molar-refractivity contribution in [2.75, 3.05) is 48.8 Å². The Balaban J connectivity index is 1.17. The molecule has 5 fully saturated rings. The molecule has 4 aliphatic carbocycles. The molecular formula is C28H35N7O2. The standard InChI is InChI=1S/C28H35N7O2/c1-34-6-8-35(9-7-34)22-4-2-21(3-5-22)30-26-31-24-23(20(16-36)15-29-24)25(32-26)33-27-11-18-10-19(12-27)14-28(37,13-18)17-27/h2-5,15-16,18-19,37H,6-14,17H2,1H3,(H3,29,30,31,32,33)/t18-,19+,27?,28?. The fourth-order valence-electron chi connectivity index (χ4n) is 7.86. The van der Waals surface area contributed by atoms with Gasteiger partial charge in [0.25, 0.3) is 0 Å². The van der Waals surface area contributed by atoms with Gasteiger partial charge in [0, 0.05) is 54.9 Å². The summed E-state index contributed by atoms with van der Waals surface area (Å²) in [5.74, 6) is 2.23. The summed E-state index contributed by atoms with van der Waals surface area (Å²) in [6.45, 7) is 4.21. The molecule has 9 nitrogen and oxygen atoms in total. The summed E-state index contributed by atoms with van der Waals surface area (Å²) in [6, 6.07) is 8.41. The van der Waals surface area contributed by atoms with Gasteiger partial charge in [-0.3, -0.25) is 4.79 Å². The van der Waals surface area contributed by atoms with Crippen LogP contribution in [0, 0.1) is 11.8 Å². The average molecular weight is 502 g/mol. The molecule has 5 aliphatic rings. The number of anilines is 4. The Morgan fingerprint density at radius 2 is 1.78 bits per heavy atom. The number of hydrogen-bond acceptors (Lipinski definition) is 8. The highest BCUT2D eigenvalue weighted by Gasteiger charge is 2.57. The zero-order valence-electron chi connectivity index (χ0n) is 21.3. The summed E-state index contributed by atoms with van der Waals surface area (Å²) in [5, 5.41) is 19.1. The van der Waals surface area contributed by atoms with Crippen LogP contribution in [0.1, 0.15) is 48.9 Å². The van der Waals surface area contributed by atoms with E-state index in [4.69, 9.17) is 4.98 Å². The molecule has 4 saturated carbocycles. The van der Waals surface area contributed by atoms with Gasteiger partial charge in [-0.1, -0.05) is 0 Å². The van der Waals surface area contributed by atoms with Crippen LogP contribution in [0.5, 0.6) is 0 Å². The second-order valence-electron chi connectivity index (χ2n) is 12.0. The van der Waals surface area contributed by atoms with Crippen LogP contribution in [0.2, 0.25) is 0 Å². The van der Waals surface area contributed by atoms with Gasteiger partial charge < -0.3 is 30.5 Å². The summed E-state index contributed by atoms with van der Waals surface area (Å²) < 4.78 is 0. The Kier molecular flexibility index (Phi) is 5.23. The van der Waals surface area contributed by atoms with Crippen LogP contribution in [0.15, 0.2) is 30.5 Å². The van der Waals surface area contributed by atoms with Crippen LogP contribution < -0.4 is 15.5 Å². The van der Waals surface area contributed by atoms with Crippen molar-refractivity contribution >= 4 is 40.5 Å². The lowest BCUT2D eigenvalue weighted by atomic mass is 9.51. The number of aromatic nitrogens is 3. The number of aldehydes is 1. The molecule has 37 heavy (non-hydrogen) atoms. The highest BCUT2D eigenvalue weighted by molar-refractivity contribution is 6.02. The molecule has 9 heteroatoms. The molecule has 4 N–H and O–H groups in total. The van der Waals surface area contributed by atoms with Gasteiger partial charge in [0.1, 0.15) is 11.5 Å². The SMILES string of the molecule is CN1CCN(c2ccc(Nc3nc(NC45C[C@@H]6C[C@@H](CC(O)(C6)C4)C5)c4c(C=O)c[nH]c4n3)cc2)CC1. The zero-order chi connectivity index (χ0) is 25.2. The molecule has 2 aromatic heterocycles. The van der Waals surface area contributed by atoms with Crippen molar-refractivity contribution in [2.24, 2.45) is 11.8 Å². The summed E-state index contributed by atoms with van der Waals surface area (Å²) in [7, 11) is 2.16. The second-order valence-corrected chi connectivity index (χ2v) is 12.0. The minimum atomic E-state index is -0.582. The minimum Gasteiger partial charge on any atom is -0.390 e. The summed E-state index contributed by atoms with van der Waals surface area (Å²) in [5.41, 5.74) is 2.52. The van der Waals surface area contributed by atoms with E-state index in [-0.39, 0.29) is 5.54 Å². The number of hydrogen-bond donors (Lipinski definition) is 4. The number of H-pyrrole nitrogens is 1. The van der Waals surface area contributed by atoms with Crippen molar-refractivity contribution in [1.29, 1.82) is 0 Å². The number of carbonyl (C=O) groups is 1. The summed E-state index contributed by atoms with van der Waals surface area (Å²) in [6.07, 6.45) is 8.38. The van der Waals surface area contributed by atoms with Gasteiger partial charge in [-0.05, 0) is 81.7 Å². The Morgan fingerprint density at radius 1 is 1.05 bits per heavy atom. The predicted molar refractivity (Wildman–Crippen MR) is 145 cm³/mol. The van der Waals surface area contributed by atoms with Crippen LogP contribution in [-0.4, -0.2) is 75.6 Å². The highest BCUT2D eigenvalue weighted by atomic mass is 16.3. The van der Waals surface area contributed by atoms with Crippen molar-refractivity contribution in [3.8, 4) is 0 Å². The van der Waals surface area contributed by atoms with E-state index in [1.807, 2.05) is 0 Å². The largest absolute Gasteiger partial charge is 0.390 e. The molecule has 3 heterocycles. The van der Waals surface area contributed by atoms with Crippen LogP contribution in [0.25, 0.3) is 11.0 Å². The number of carbonyl (C=O) groups excluding carboxylic acids is 1. The maximum atomic E-state index is 11.8. The lowest BCUT2D eigenvalue weighted by molar-refractivity contribution is -0.127. The number of piperazine rings is 1. The molecule has 194 valence electrons. The van der Waals surface area contributed by atoms with Crippen LogP contribution in [0.4, 0.5) is 23.1 Å². The average Bonchev–Trinajstić information content (AvgIpc) is 3.27. The van der Waals surface area contributed by atoms with Gasteiger partial charge in [-0.2, -0.15) is 9.97 Å². The Morgan fingerprint density at radius 3 is 2.46 bits per heavy atom. The number of nitrogens with zero attached hydrogens (tertiary/aromatic N) is 4. The van der Waals surface area contributed by atoms with Gasteiger partial charge in [-0.25, -0.2) is 0 Å². The highest BCUT2D eigenvalue weighted by Crippen LogP contribution is 2.58. The van der Waals surface area contributed by atoms with E-state index in [9.17, 15) is 9.90 Å². The number of nitrogens with one attached hydrogen (secondary N) is 3. The molecular weight excluding hydrogens is 466 g/mol. The topological polar surface area (TPSA) is 109 Å². The van der Waals surface area contributed by atoms with Gasteiger partial charge in [-0.15, -0.1) is 0 Å². The monoisotopic (exact) mass is 501 g/mol. The summed E-state index contributed by atoms with van der Waals surface area (Å²) in [4.78, 5) is 29.3. The second kappa shape index (κ2) is 8.43. The molecule has 1 saturated heterocycles. The van der Waals surface area contributed by atoms with Gasteiger partial charge >= 0.3 is 0 Å². The van der Waals surface area contributed by atoms with E-state index < -0.39 is 5.60 Å². The smallest absolute Gasteiger partial charge is 0.231 e. The molecule has 4 atom stereocenters. The van der Waals surface area contributed by atoms with E-state index in [0.29, 0.717) is 40.2 Å². The minimum absolute atomic E-state index is 0.195. The first kappa shape index (κ1) is 23.0. The first-order valence-corrected chi connectivity index (χ1v) is 13.5. The van der Waals surface area contributed by atoms with E-state index in [1.54, 1.807) is 6.20 Å². The quantitative estimate of drug-likeness (QED) is 0.378. The Hall–Kier alpha value is -3.17. The van der Waals surface area contributed by atoms with E-state index in [0.717, 1.165) is 70.3 Å². The molecule has 0 radical (unpaired) electrons. The predicted octanol–water partition coefficient (Wildman–Crippen LogP) is 3.76. The summed E-state index contributed by atoms with van der Waals surface area (Å²) >= 11 is 0. The van der Waals surface area contributed by atoms with Crippen molar-refractivity contribution in [2.45, 2.75) is 49.7 Å². The third-order valence-electron chi connectivity index (χ3n) is 9.09. The van der Waals surface area contributed by atoms with Crippen LogP contribution in [0.3, 0.4) is 0 Å². The lowest BCUT2D eigenvalue weighted by Gasteiger charge is -2.60. The van der Waals surface area contributed by atoms with Crippen molar-refractivity contribution in [1.82, 2.24) is 19.9 Å². The Labute approximate surface area is 216 Å². The zero-order valence-corrected chi connectivity index (χ0v) is 21.3. The van der Waals surface area contributed by atoms with Gasteiger partial charge in [0.05, 0.1) is 11.0 Å².